The van der Waals surface area contributed by atoms with Crippen molar-refractivity contribution in [2.75, 3.05) is 6.54 Å². The third-order valence-corrected chi connectivity index (χ3v) is 2.06. The third-order valence-electron chi connectivity index (χ3n) is 1.66. The van der Waals surface area contributed by atoms with Crippen LogP contribution in [0.15, 0.2) is 24.5 Å². The average molecular weight is 233 g/mol. The molecule has 0 saturated carbocycles. The van der Waals surface area contributed by atoms with Crippen molar-refractivity contribution in [3.8, 4) is 0 Å². The topological polar surface area (TPSA) is 42.0 Å². The fraction of sp³-hybridized carbons (Fsp3) is 0.333. The first-order valence-electron chi connectivity index (χ1n) is 4.15. The number of carbonyl (C=O) groups is 1. The van der Waals surface area contributed by atoms with E-state index in [-0.39, 0.29) is 5.91 Å². The van der Waals surface area contributed by atoms with E-state index in [0.717, 1.165) is 12.0 Å². The lowest BCUT2D eigenvalue weighted by molar-refractivity contribution is -0.119. The van der Waals surface area contributed by atoms with Crippen molar-refractivity contribution in [3.63, 3.8) is 0 Å². The summed E-state index contributed by atoms with van der Waals surface area (Å²) in [6, 6.07) is 3.79. The smallest absolute Gasteiger partial charge is 0.253 e. The maximum absolute atomic E-state index is 10.9. The van der Waals surface area contributed by atoms with Crippen LogP contribution in [0, 0.1) is 0 Å². The van der Waals surface area contributed by atoms with Gasteiger partial charge in [-0.05, 0) is 24.1 Å². The molecule has 76 valence electrons. The van der Waals surface area contributed by atoms with E-state index in [2.05, 4.69) is 10.3 Å². The number of amides is 1. The maximum atomic E-state index is 10.9. The summed E-state index contributed by atoms with van der Waals surface area (Å²) in [6.45, 7) is 0.527. The van der Waals surface area contributed by atoms with E-state index in [0.29, 0.717) is 6.54 Å². The lowest BCUT2D eigenvalue weighted by Crippen LogP contribution is -2.30. The molecule has 1 rings (SSSR count). The first-order chi connectivity index (χ1) is 6.70. The van der Waals surface area contributed by atoms with Crippen molar-refractivity contribution in [1.29, 1.82) is 0 Å². The molecule has 0 bridgehead atoms. The molecule has 0 unspecified atom stereocenters. The van der Waals surface area contributed by atoms with Crippen LogP contribution in [0.3, 0.4) is 0 Å². The molecule has 5 heteroatoms. The first-order valence-corrected chi connectivity index (χ1v) is 5.02. The predicted molar refractivity (Wildman–Crippen MR) is 56.4 cm³/mol. The van der Waals surface area contributed by atoms with E-state index in [9.17, 15) is 4.79 Å². The highest BCUT2D eigenvalue weighted by Gasteiger charge is 2.09. The Hall–Kier alpha value is -0.800. The van der Waals surface area contributed by atoms with Crippen LogP contribution in [0.1, 0.15) is 5.56 Å². The molecule has 0 saturated heterocycles. The van der Waals surface area contributed by atoms with Crippen molar-refractivity contribution < 1.29 is 4.79 Å². The van der Waals surface area contributed by atoms with Crippen LogP contribution in [0.25, 0.3) is 0 Å². The van der Waals surface area contributed by atoms with Crippen molar-refractivity contribution in [1.82, 2.24) is 10.3 Å². The maximum Gasteiger partial charge on any atom is 0.253 e. The first kappa shape index (κ1) is 11.3. The number of pyridine rings is 1. The largest absolute Gasteiger partial charge is 0.353 e. The fourth-order valence-corrected chi connectivity index (χ4v) is 1.11. The summed E-state index contributed by atoms with van der Waals surface area (Å²) in [7, 11) is 0. The number of nitrogens with zero attached hydrogens (tertiary/aromatic N) is 1. The highest BCUT2D eigenvalue weighted by atomic mass is 35.5. The van der Waals surface area contributed by atoms with E-state index in [1.54, 1.807) is 12.4 Å². The molecule has 1 N–H and O–H groups in total. The normalized spacial score (nSPS) is 10.2. The Balaban J connectivity index is 2.26. The van der Waals surface area contributed by atoms with E-state index in [1.165, 1.54) is 0 Å². The summed E-state index contributed by atoms with van der Waals surface area (Å²) < 4.78 is 0. The van der Waals surface area contributed by atoms with Crippen molar-refractivity contribution in [2.45, 2.75) is 11.3 Å². The lowest BCUT2D eigenvalue weighted by atomic mass is 10.2. The minimum absolute atomic E-state index is 0.359. The van der Waals surface area contributed by atoms with Gasteiger partial charge < -0.3 is 5.32 Å². The number of aromatic nitrogens is 1. The molecular weight excluding hydrogens is 223 g/mol. The molecule has 1 heterocycles. The molecule has 0 spiro atoms. The number of alkyl halides is 2. The summed E-state index contributed by atoms with van der Waals surface area (Å²) in [6.07, 6.45) is 4.17. The number of hydrogen-bond acceptors (Lipinski definition) is 2. The van der Waals surface area contributed by atoms with Gasteiger partial charge in [-0.2, -0.15) is 0 Å². The van der Waals surface area contributed by atoms with Crippen LogP contribution >= 0.6 is 23.2 Å². The van der Waals surface area contributed by atoms with Crippen LogP contribution in [0.2, 0.25) is 0 Å². The predicted octanol–water partition coefficient (Wildman–Crippen LogP) is 1.54. The minimum Gasteiger partial charge on any atom is -0.353 e. The van der Waals surface area contributed by atoms with E-state index < -0.39 is 4.84 Å². The average Bonchev–Trinajstić information content (AvgIpc) is 2.19. The summed E-state index contributed by atoms with van der Waals surface area (Å²) >= 11 is 10.7. The fourth-order valence-electron chi connectivity index (χ4n) is 0.957. The summed E-state index contributed by atoms with van der Waals surface area (Å²) in [5.74, 6) is -0.359. The Bertz CT molecular complexity index is 290. The molecule has 1 aromatic heterocycles. The van der Waals surface area contributed by atoms with Gasteiger partial charge in [0.15, 0.2) is 4.84 Å². The highest BCUT2D eigenvalue weighted by molar-refractivity contribution is 6.53. The molecule has 14 heavy (non-hydrogen) atoms. The number of carbonyl (C=O) groups excluding carboxylic acids is 1. The molecule has 0 fully saturated rings. The lowest BCUT2D eigenvalue weighted by Gasteiger charge is -2.04. The Morgan fingerprint density at radius 3 is 2.64 bits per heavy atom. The van der Waals surface area contributed by atoms with Crippen LogP contribution in [0.4, 0.5) is 0 Å². The molecule has 1 amide bonds. The van der Waals surface area contributed by atoms with Crippen molar-refractivity contribution >= 4 is 29.1 Å². The van der Waals surface area contributed by atoms with E-state index >= 15 is 0 Å². The summed E-state index contributed by atoms with van der Waals surface area (Å²) in [5, 5.41) is 2.61. The van der Waals surface area contributed by atoms with Gasteiger partial charge in [0.2, 0.25) is 0 Å². The van der Waals surface area contributed by atoms with Gasteiger partial charge in [-0.25, -0.2) is 0 Å². The molecule has 1 aromatic rings. The third kappa shape index (κ3) is 3.94. The Morgan fingerprint density at radius 2 is 2.07 bits per heavy atom. The van der Waals surface area contributed by atoms with Gasteiger partial charge in [-0.3, -0.25) is 9.78 Å². The van der Waals surface area contributed by atoms with Crippen LogP contribution in [-0.2, 0) is 11.2 Å². The summed E-state index contributed by atoms with van der Waals surface area (Å²) in [5.41, 5.74) is 1.11. The van der Waals surface area contributed by atoms with Crippen molar-refractivity contribution in [2.24, 2.45) is 0 Å². The van der Waals surface area contributed by atoms with Gasteiger partial charge in [0.1, 0.15) is 0 Å². The second-order valence-corrected chi connectivity index (χ2v) is 3.79. The molecular formula is C9H10Cl2N2O. The van der Waals surface area contributed by atoms with Gasteiger partial charge in [-0.1, -0.05) is 23.2 Å². The zero-order valence-corrected chi connectivity index (χ0v) is 8.92. The Kier molecular flexibility index (Phi) is 4.70. The zero-order valence-electron chi connectivity index (χ0n) is 7.41. The van der Waals surface area contributed by atoms with Crippen LogP contribution in [0.5, 0.6) is 0 Å². The summed E-state index contributed by atoms with van der Waals surface area (Å²) in [4.78, 5) is 13.8. The molecule has 3 nitrogen and oxygen atoms in total. The van der Waals surface area contributed by atoms with Gasteiger partial charge in [0.25, 0.3) is 5.91 Å². The number of nitrogens with one attached hydrogen (secondary N) is 1. The molecule has 0 atom stereocenters. The van der Waals surface area contributed by atoms with Gasteiger partial charge >= 0.3 is 0 Å². The zero-order chi connectivity index (χ0) is 10.4. The van der Waals surface area contributed by atoms with E-state index in [1.807, 2.05) is 12.1 Å². The van der Waals surface area contributed by atoms with Crippen molar-refractivity contribution in [3.05, 3.63) is 30.1 Å². The second-order valence-electron chi connectivity index (χ2n) is 2.70. The molecule has 0 aromatic carbocycles. The van der Waals surface area contributed by atoms with Crippen LogP contribution < -0.4 is 5.32 Å². The molecule has 0 aliphatic rings. The number of rotatable bonds is 4. The Morgan fingerprint density at radius 1 is 1.43 bits per heavy atom. The van der Waals surface area contributed by atoms with Gasteiger partial charge in [-0.15, -0.1) is 0 Å². The second kappa shape index (κ2) is 5.83. The highest BCUT2D eigenvalue weighted by Crippen LogP contribution is 2.01. The van der Waals surface area contributed by atoms with Gasteiger partial charge in [0, 0.05) is 18.9 Å². The molecule has 0 aliphatic carbocycles. The van der Waals surface area contributed by atoms with Crippen LogP contribution in [-0.4, -0.2) is 22.3 Å². The van der Waals surface area contributed by atoms with Gasteiger partial charge in [0.05, 0.1) is 0 Å². The number of hydrogen-bond donors (Lipinski definition) is 1. The molecule has 0 aliphatic heterocycles. The Labute approximate surface area is 92.4 Å². The van der Waals surface area contributed by atoms with E-state index in [4.69, 9.17) is 23.2 Å². The minimum atomic E-state index is -0.993. The quantitative estimate of drug-likeness (QED) is 0.801. The number of halogens is 2. The SMILES string of the molecule is O=C(NCCc1ccncc1)C(Cl)Cl. The molecule has 0 radical (unpaired) electrons. The standard InChI is InChI=1S/C9H10Cl2N2O/c10-8(11)9(14)13-6-3-7-1-4-12-5-2-7/h1-2,4-5,8H,3,6H2,(H,13,14). The monoisotopic (exact) mass is 232 g/mol.